The van der Waals surface area contributed by atoms with Crippen LogP contribution in [-0.2, 0) is 27.9 Å². The molecule has 1 heterocycles. The molecule has 0 radical (unpaired) electrons. The summed E-state index contributed by atoms with van der Waals surface area (Å²) in [7, 11) is 1.52. The van der Waals surface area contributed by atoms with E-state index in [0.717, 1.165) is 0 Å². The number of aliphatic carboxylic acids is 2. The van der Waals surface area contributed by atoms with Gasteiger partial charge in [-0.15, -0.1) is 5.10 Å². The fourth-order valence-corrected chi connectivity index (χ4v) is 1.16. The number of hydrogen-bond donors (Lipinski definition) is 3. The SMILES string of the molecule is Cn1nnnc1CC(=O)NC(CC(=O)O)C(=O)O. The van der Waals surface area contributed by atoms with Crippen LogP contribution in [0.2, 0.25) is 0 Å². The Morgan fingerprint density at radius 2 is 2.06 bits per heavy atom. The smallest absolute Gasteiger partial charge is 0.326 e. The third kappa shape index (κ3) is 3.81. The first-order valence-electron chi connectivity index (χ1n) is 4.85. The van der Waals surface area contributed by atoms with Gasteiger partial charge in [0.25, 0.3) is 0 Å². The summed E-state index contributed by atoms with van der Waals surface area (Å²) in [4.78, 5) is 32.6. The summed E-state index contributed by atoms with van der Waals surface area (Å²) in [6, 6.07) is -1.48. The molecule has 98 valence electrons. The Morgan fingerprint density at radius 1 is 1.39 bits per heavy atom. The number of nitrogens with one attached hydrogen (secondary N) is 1. The highest BCUT2D eigenvalue weighted by molar-refractivity contribution is 5.87. The predicted molar refractivity (Wildman–Crippen MR) is 54.3 cm³/mol. The largest absolute Gasteiger partial charge is 0.481 e. The molecule has 0 aromatic carbocycles. The number of tetrazole rings is 1. The molecule has 1 unspecified atom stereocenters. The second kappa shape index (κ2) is 5.70. The molecule has 18 heavy (non-hydrogen) atoms. The van der Waals surface area contributed by atoms with Crippen molar-refractivity contribution in [3.05, 3.63) is 5.82 Å². The number of carbonyl (C=O) groups excluding carboxylic acids is 1. The van der Waals surface area contributed by atoms with E-state index < -0.39 is 30.3 Å². The Bertz CT molecular complexity index is 470. The zero-order valence-corrected chi connectivity index (χ0v) is 9.40. The van der Waals surface area contributed by atoms with Gasteiger partial charge in [-0.05, 0) is 10.4 Å². The molecule has 1 aromatic rings. The van der Waals surface area contributed by atoms with Gasteiger partial charge < -0.3 is 15.5 Å². The summed E-state index contributed by atoms with van der Waals surface area (Å²) in [6.45, 7) is 0. The fraction of sp³-hybridized carbons (Fsp3) is 0.500. The number of carboxylic acid groups (broad SMARTS) is 2. The van der Waals surface area contributed by atoms with Gasteiger partial charge in [0, 0.05) is 7.05 Å². The van der Waals surface area contributed by atoms with Crippen LogP contribution in [-0.4, -0.2) is 54.3 Å². The van der Waals surface area contributed by atoms with Crippen molar-refractivity contribution < 1.29 is 24.6 Å². The summed E-state index contributed by atoms with van der Waals surface area (Å²) in [5, 5.41) is 29.7. The lowest BCUT2D eigenvalue weighted by atomic mass is 10.2. The van der Waals surface area contributed by atoms with E-state index in [2.05, 4.69) is 20.8 Å². The highest BCUT2D eigenvalue weighted by atomic mass is 16.4. The van der Waals surface area contributed by atoms with E-state index in [1.807, 2.05) is 0 Å². The minimum absolute atomic E-state index is 0.229. The van der Waals surface area contributed by atoms with Crippen molar-refractivity contribution >= 4 is 17.8 Å². The molecule has 1 amide bonds. The van der Waals surface area contributed by atoms with Gasteiger partial charge >= 0.3 is 11.9 Å². The molecule has 0 saturated carbocycles. The summed E-state index contributed by atoms with van der Waals surface area (Å²) in [5.41, 5.74) is 0. The van der Waals surface area contributed by atoms with Crippen molar-refractivity contribution in [2.45, 2.75) is 18.9 Å². The number of carbonyl (C=O) groups is 3. The zero-order chi connectivity index (χ0) is 13.7. The van der Waals surface area contributed by atoms with Crippen molar-refractivity contribution in [2.24, 2.45) is 7.05 Å². The first-order valence-corrected chi connectivity index (χ1v) is 4.85. The molecule has 1 aromatic heterocycles. The average molecular weight is 257 g/mol. The van der Waals surface area contributed by atoms with Crippen LogP contribution in [0.4, 0.5) is 0 Å². The first kappa shape index (κ1) is 13.5. The molecule has 1 atom stereocenters. The van der Waals surface area contributed by atoms with Crippen LogP contribution in [0.5, 0.6) is 0 Å². The molecule has 10 nitrogen and oxygen atoms in total. The van der Waals surface area contributed by atoms with Crippen LogP contribution < -0.4 is 5.32 Å². The van der Waals surface area contributed by atoms with Gasteiger partial charge in [-0.25, -0.2) is 9.48 Å². The number of hydrogen-bond acceptors (Lipinski definition) is 6. The Labute approximate surface area is 101 Å². The highest BCUT2D eigenvalue weighted by Crippen LogP contribution is 1.96. The molecule has 10 heteroatoms. The molecular weight excluding hydrogens is 246 g/mol. The molecule has 0 spiro atoms. The monoisotopic (exact) mass is 257 g/mol. The molecule has 1 rings (SSSR count). The standard InChI is InChI=1S/C8H11N5O5/c1-13-5(10-11-12-13)3-6(14)9-4(8(17)18)2-7(15)16/h4H,2-3H2,1H3,(H,9,14)(H,15,16)(H,17,18). The predicted octanol–water partition coefficient (Wildman–Crippen LogP) is -2.20. The third-order valence-electron chi connectivity index (χ3n) is 2.04. The van der Waals surface area contributed by atoms with E-state index in [-0.39, 0.29) is 12.2 Å². The normalized spacial score (nSPS) is 11.8. The van der Waals surface area contributed by atoms with Crippen molar-refractivity contribution in [1.29, 1.82) is 0 Å². The number of aromatic nitrogens is 4. The zero-order valence-electron chi connectivity index (χ0n) is 9.40. The van der Waals surface area contributed by atoms with Gasteiger partial charge in [-0.2, -0.15) is 0 Å². The second-order valence-electron chi connectivity index (χ2n) is 3.45. The Morgan fingerprint density at radius 3 is 2.50 bits per heavy atom. The molecule has 0 bridgehead atoms. The number of carboxylic acids is 2. The molecule has 0 aliphatic carbocycles. The van der Waals surface area contributed by atoms with Gasteiger partial charge in [0.15, 0.2) is 5.82 Å². The number of amides is 1. The van der Waals surface area contributed by atoms with Crippen LogP contribution in [0.15, 0.2) is 0 Å². The summed E-state index contributed by atoms with van der Waals surface area (Å²) in [6.07, 6.45) is -0.926. The van der Waals surface area contributed by atoms with Gasteiger partial charge in [-0.3, -0.25) is 9.59 Å². The minimum atomic E-state index is -1.48. The summed E-state index contributed by atoms with van der Waals surface area (Å²) < 4.78 is 1.26. The average Bonchev–Trinajstić information content (AvgIpc) is 2.62. The van der Waals surface area contributed by atoms with Crippen LogP contribution in [0.3, 0.4) is 0 Å². The maximum atomic E-state index is 11.5. The highest BCUT2D eigenvalue weighted by Gasteiger charge is 2.23. The molecular formula is C8H11N5O5. The molecule has 0 aliphatic rings. The van der Waals surface area contributed by atoms with Crippen LogP contribution in [0.25, 0.3) is 0 Å². The maximum absolute atomic E-state index is 11.5. The molecule has 3 N–H and O–H groups in total. The van der Waals surface area contributed by atoms with Crippen molar-refractivity contribution in [3.63, 3.8) is 0 Å². The van der Waals surface area contributed by atoms with Crippen molar-refractivity contribution in [2.75, 3.05) is 0 Å². The quantitative estimate of drug-likeness (QED) is 0.520. The molecule has 0 aliphatic heterocycles. The van der Waals surface area contributed by atoms with Crippen molar-refractivity contribution in [3.8, 4) is 0 Å². The fourth-order valence-electron chi connectivity index (χ4n) is 1.16. The van der Waals surface area contributed by atoms with E-state index >= 15 is 0 Å². The Balaban J connectivity index is 2.59. The van der Waals surface area contributed by atoms with E-state index in [4.69, 9.17) is 10.2 Å². The topological polar surface area (TPSA) is 147 Å². The van der Waals surface area contributed by atoms with E-state index in [0.29, 0.717) is 0 Å². The van der Waals surface area contributed by atoms with Crippen LogP contribution in [0.1, 0.15) is 12.2 Å². The van der Waals surface area contributed by atoms with Crippen LogP contribution >= 0.6 is 0 Å². The van der Waals surface area contributed by atoms with Gasteiger partial charge in [0.05, 0.1) is 12.8 Å². The van der Waals surface area contributed by atoms with Gasteiger partial charge in [0.2, 0.25) is 5.91 Å². The lowest BCUT2D eigenvalue weighted by Gasteiger charge is -2.11. The van der Waals surface area contributed by atoms with Gasteiger partial charge in [-0.1, -0.05) is 0 Å². The number of rotatable bonds is 6. The summed E-state index contributed by atoms with van der Waals surface area (Å²) in [5.74, 6) is -3.15. The van der Waals surface area contributed by atoms with E-state index in [1.54, 1.807) is 0 Å². The Hall–Kier alpha value is -2.52. The maximum Gasteiger partial charge on any atom is 0.326 e. The Kier molecular flexibility index (Phi) is 4.29. The minimum Gasteiger partial charge on any atom is -0.481 e. The molecule has 0 fully saturated rings. The second-order valence-corrected chi connectivity index (χ2v) is 3.45. The first-order chi connectivity index (χ1) is 8.40. The lowest BCUT2D eigenvalue weighted by Crippen LogP contribution is -2.43. The van der Waals surface area contributed by atoms with E-state index in [9.17, 15) is 14.4 Å². The van der Waals surface area contributed by atoms with Gasteiger partial charge in [0.1, 0.15) is 6.04 Å². The van der Waals surface area contributed by atoms with Crippen LogP contribution in [0, 0.1) is 0 Å². The number of aryl methyl sites for hydroxylation is 1. The van der Waals surface area contributed by atoms with Crippen molar-refractivity contribution in [1.82, 2.24) is 25.5 Å². The number of nitrogens with zero attached hydrogens (tertiary/aromatic N) is 4. The molecule has 0 saturated heterocycles. The van der Waals surface area contributed by atoms with E-state index in [1.165, 1.54) is 11.7 Å². The third-order valence-corrected chi connectivity index (χ3v) is 2.04. The lowest BCUT2D eigenvalue weighted by molar-refractivity contribution is -0.147. The summed E-state index contributed by atoms with van der Waals surface area (Å²) >= 11 is 0.